The number of benzene rings is 5. The van der Waals surface area contributed by atoms with E-state index in [4.69, 9.17) is 5.11 Å². The molecule has 3 aliphatic heterocycles. The third kappa shape index (κ3) is 12.9. The minimum atomic E-state index is -1.73. The average molecular weight is 1140 g/mol. The Hall–Kier alpha value is -10.0. The molecular weight excluding hydrogens is 1090 g/mol. The SMILES string of the molecule is Cl.O=C(C(=O)N1CCN(C(=O)c2ccccc2)CC1)c1c[nH]c2c(C(=O)N3CCN(C(=O)c4ccccc4)CC3)ccc(F)c12.O=C(O)C(=O)c1c[nH]c2c(C(=O)Nc3nn[nH]n3)ccc(F)c12.O=C(c1ccccc1)N1CCNCC1. The van der Waals surface area contributed by atoms with Gasteiger partial charge in [0.15, 0.2) is 0 Å². The van der Waals surface area contributed by atoms with Crippen LogP contribution >= 0.6 is 12.4 Å². The number of aliphatic carboxylic acids is 1. The van der Waals surface area contributed by atoms with Crippen molar-refractivity contribution in [3.05, 3.63) is 178 Å². The summed E-state index contributed by atoms with van der Waals surface area (Å²) >= 11 is 0. The summed E-state index contributed by atoms with van der Waals surface area (Å²) < 4.78 is 29.1. The first-order valence-corrected chi connectivity index (χ1v) is 25.5. The van der Waals surface area contributed by atoms with Crippen LogP contribution in [-0.4, -0.2) is 192 Å². The molecule has 8 aromatic rings. The summed E-state index contributed by atoms with van der Waals surface area (Å²) in [7, 11) is 0. The molecule has 0 aliphatic carbocycles. The van der Waals surface area contributed by atoms with E-state index < -0.39 is 41.0 Å². The van der Waals surface area contributed by atoms with E-state index in [0.717, 1.165) is 50.1 Å². The third-order valence-electron chi connectivity index (χ3n) is 13.7. The van der Waals surface area contributed by atoms with Gasteiger partial charge in [0.2, 0.25) is 0 Å². The number of hydrogen-bond donors (Lipinski definition) is 6. The van der Waals surface area contributed by atoms with Crippen molar-refractivity contribution in [1.82, 2.24) is 60.4 Å². The zero-order valence-corrected chi connectivity index (χ0v) is 44.3. The number of halogens is 3. The minimum absolute atomic E-state index is 0. The predicted octanol–water partition coefficient (Wildman–Crippen LogP) is 4.57. The molecule has 3 saturated heterocycles. The van der Waals surface area contributed by atoms with Gasteiger partial charge in [-0.2, -0.15) is 5.21 Å². The van der Waals surface area contributed by atoms with Crippen LogP contribution in [0.5, 0.6) is 0 Å². The number of Topliss-reactive ketones (excluding diaryl/α,β-unsaturated/α-hetero) is 2. The summed E-state index contributed by atoms with van der Waals surface area (Å²) in [5, 5.41) is 26.4. The van der Waals surface area contributed by atoms with Crippen molar-refractivity contribution in [2.75, 3.05) is 83.9 Å². The average Bonchev–Trinajstić information content (AvgIpc) is 3.92. The number of anilines is 1. The number of carbonyl (C=O) groups is 9. The molecule has 0 radical (unpaired) electrons. The fourth-order valence-corrected chi connectivity index (χ4v) is 9.45. The summed E-state index contributed by atoms with van der Waals surface area (Å²) in [5.74, 6) is -7.53. The summed E-state index contributed by atoms with van der Waals surface area (Å²) in [6.07, 6.45) is 2.30. The summed E-state index contributed by atoms with van der Waals surface area (Å²) in [4.78, 5) is 126. The molecule has 0 atom stereocenters. The van der Waals surface area contributed by atoms with Crippen LogP contribution < -0.4 is 10.6 Å². The van der Waals surface area contributed by atoms with Crippen LogP contribution in [0.15, 0.2) is 128 Å². The molecule has 5 aromatic carbocycles. The summed E-state index contributed by atoms with van der Waals surface area (Å²) in [6, 6.07) is 31.8. The molecule has 6 amide bonds. The number of nitrogens with zero attached hydrogens (tertiary/aromatic N) is 8. The van der Waals surface area contributed by atoms with Gasteiger partial charge in [0.25, 0.3) is 53.0 Å². The second kappa shape index (κ2) is 26.3. The van der Waals surface area contributed by atoms with E-state index in [2.05, 4.69) is 41.2 Å². The molecule has 6 N–H and O–H groups in total. The Morgan fingerprint density at radius 3 is 1.32 bits per heavy atom. The van der Waals surface area contributed by atoms with E-state index in [9.17, 15) is 47.5 Å². The Kier molecular flexibility index (Phi) is 18.6. The van der Waals surface area contributed by atoms with Crippen LogP contribution in [0, 0.1) is 11.6 Å². The van der Waals surface area contributed by atoms with Gasteiger partial charge in [-0.25, -0.2) is 13.6 Å². The lowest BCUT2D eigenvalue weighted by Crippen LogP contribution is -2.52. The Labute approximate surface area is 471 Å². The fraction of sp³-hybridized carbons (Fsp3) is 0.214. The molecule has 0 unspecified atom stereocenters. The highest BCUT2D eigenvalue weighted by Crippen LogP contribution is 2.29. The van der Waals surface area contributed by atoms with Crippen molar-refractivity contribution < 1.29 is 57.0 Å². The number of carbonyl (C=O) groups excluding carboxylic acids is 8. The van der Waals surface area contributed by atoms with Crippen molar-refractivity contribution >= 4 is 93.1 Å². The maximum atomic E-state index is 15.1. The second-order valence-corrected chi connectivity index (χ2v) is 18.6. The molecule has 23 nitrogen and oxygen atoms in total. The number of aromatic nitrogens is 6. The highest BCUT2D eigenvalue weighted by molar-refractivity contribution is 6.45. The number of ketones is 2. The van der Waals surface area contributed by atoms with E-state index in [1.165, 1.54) is 23.2 Å². The van der Waals surface area contributed by atoms with E-state index in [0.29, 0.717) is 37.3 Å². The van der Waals surface area contributed by atoms with Crippen LogP contribution in [0.3, 0.4) is 0 Å². The smallest absolute Gasteiger partial charge is 0.377 e. The van der Waals surface area contributed by atoms with Crippen LogP contribution in [0.4, 0.5) is 14.7 Å². The molecule has 3 aromatic heterocycles. The van der Waals surface area contributed by atoms with Crippen LogP contribution in [-0.2, 0) is 9.59 Å². The molecule has 0 spiro atoms. The minimum Gasteiger partial charge on any atom is -0.475 e. The maximum Gasteiger partial charge on any atom is 0.377 e. The monoisotopic (exact) mass is 1140 g/mol. The van der Waals surface area contributed by atoms with Gasteiger partial charge in [0.05, 0.1) is 33.3 Å². The first kappa shape index (κ1) is 58.1. The number of amides is 6. The number of hydrogen-bond acceptors (Lipinski definition) is 13. The maximum absolute atomic E-state index is 15.1. The number of piperazine rings is 3. The lowest BCUT2D eigenvalue weighted by Gasteiger charge is -2.35. The molecular formula is C56H52ClF2N13O10. The topological polar surface area (TPSA) is 300 Å². The van der Waals surface area contributed by atoms with Crippen molar-refractivity contribution in [3.63, 3.8) is 0 Å². The van der Waals surface area contributed by atoms with Crippen LogP contribution in [0.2, 0.25) is 0 Å². The number of nitrogens with one attached hydrogen (secondary N) is 5. The first-order valence-electron chi connectivity index (χ1n) is 25.5. The zero-order chi connectivity index (χ0) is 57.2. The molecule has 3 aliphatic rings. The number of rotatable bonds is 10. The van der Waals surface area contributed by atoms with Gasteiger partial charge >= 0.3 is 5.97 Å². The molecule has 3 fully saturated rings. The standard InChI is InChI=1S/C33H30FN5O5.C12H7FN6O4.C11H14N2O.ClH/c34-26-12-11-24(32(43)38-17-13-36(14-18-38)30(41)22-7-3-1-4-8-22)28-27(26)25(21-35-28)29(40)33(44)39-19-15-37(16-20-39)31(42)23-9-5-2-6-10-23;13-6-2-1-4(10(21)15-12-16-18-19-17-12)8-7(6)5(3-14-8)9(20)11(22)23;14-11(10-4-2-1-3-5-10)13-8-6-12-7-9-13;/h1-12,21,35H,13-20H2;1-3,14H,(H,22,23)(H2,15,16,17,18,19,21);1-5,12H,6-9H2;1H. The van der Waals surface area contributed by atoms with Gasteiger partial charge in [-0.3, -0.25) is 43.7 Å². The van der Waals surface area contributed by atoms with E-state index in [-0.39, 0.29) is 112 Å². The molecule has 82 heavy (non-hydrogen) atoms. The van der Waals surface area contributed by atoms with Crippen LogP contribution in [0.25, 0.3) is 21.8 Å². The summed E-state index contributed by atoms with van der Waals surface area (Å²) in [5.41, 5.74) is 1.65. The number of H-pyrrole nitrogens is 3. The molecule has 11 rings (SSSR count). The zero-order valence-electron chi connectivity index (χ0n) is 43.5. The van der Waals surface area contributed by atoms with Gasteiger partial charge in [-0.15, -0.1) is 17.5 Å². The Balaban J connectivity index is 0.000000191. The second-order valence-electron chi connectivity index (χ2n) is 18.6. The molecule has 6 heterocycles. The van der Waals surface area contributed by atoms with Gasteiger partial charge in [0.1, 0.15) is 11.6 Å². The van der Waals surface area contributed by atoms with Crippen molar-refractivity contribution in [2.24, 2.45) is 0 Å². The predicted molar refractivity (Wildman–Crippen MR) is 295 cm³/mol. The quantitative estimate of drug-likeness (QED) is 0.0808. The Bertz CT molecular complexity index is 3660. The van der Waals surface area contributed by atoms with Gasteiger partial charge in [-0.1, -0.05) is 59.7 Å². The van der Waals surface area contributed by atoms with Crippen molar-refractivity contribution in [3.8, 4) is 0 Å². The fourth-order valence-electron chi connectivity index (χ4n) is 9.45. The van der Waals surface area contributed by atoms with E-state index >= 15 is 4.39 Å². The number of aromatic amines is 3. The number of tetrazole rings is 1. The Morgan fingerprint density at radius 1 is 0.476 bits per heavy atom. The molecule has 0 bridgehead atoms. The number of fused-ring (bicyclic) bond motifs is 2. The lowest BCUT2D eigenvalue weighted by atomic mass is 10.0. The van der Waals surface area contributed by atoms with Gasteiger partial charge in [-0.05, 0) is 65.9 Å². The van der Waals surface area contributed by atoms with E-state index in [1.807, 2.05) is 47.4 Å². The molecule has 26 heteroatoms. The largest absolute Gasteiger partial charge is 0.475 e. The van der Waals surface area contributed by atoms with Gasteiger partial charge < -0.3 is 44.9 Å². The normalized spacial score (nSPS) is 14.1. The van der Waals surface area contributed by atoms with Crippen molar-refractivity contribution in [1.29, 1.82) is 0 Å². The lowest BCUT2D eigenvalue weighted by molar-refractivity contribution is -0.131. The first-order chi connectivity index (χ1) is 39.2. The number of carboxylic acid groups (broad SMARTS) is 1. The molecule has 0 saturated carbocycles. The highest BCUT2D eigenvalue weighted by atomic mass is 35.5. The van der Waals surface area contributed by atoms with Gasteiger partial charge in [0, 0.05) is 118 Å². The van der Waals surface area contributed by atoms with Crippen LogP contribution in [0.1, 0.15) is 72.5 Å². The Morgan fingerprint density at radius 2 is 0.878 bits per heavy atom. The third-order valence-corrected chi connectivity index (χ3v) is 13.7. The number of carboxylic acids is 1. The highest BCUT2D eigenvalue weighted by Gasteiger charge is 2.33. The molecule has 422 valence electrons. The summed E-state index contributed by atoms with van der Waals surface area (Å²) in [6.45, 7) is 5.55. The van der Waals surface area contributed by atoms with E-state index in [1.54, 1.807) is 63.2 Å². The van der Waals surface area contributed by atoms with Crippen molar-refractivity contribution in [2.45, 2.75) is 0 Å².